The van der Waals surface area contributed by atoms with E-state index in [0.717, 1.165) is 60.1 Å². The average molecular weight is 326 g/mol. The summed E-state index contributed by atoms with van der Waals surface area (Å²) in [6.45, 7) is 6.99. The summed E-state index contributed by atoms with van der Waals surface area (Å²) in [5, 5.41) is 11.3. The quantitative estimate of drug-likeness (QED) is 0.752. The van der Waals surface area contributed by atoms with E-state index in [1.807, 2.05) is 22.5 Å². The van der Waals surface area contributed by atoms with Crippen molar-refractivity contribution in [3.63, 3.8) is 0 Å². The summed E-state index contributed by atoms with van der Waals surface area (Å²) in [5.74, 6) is 1.67. The topological polar surface area (TPSA) is 85.5 Å². The fourth-order valence-electron chi connectivity index (χ4n) is 3.30. The lowest BCUT2D eigenvalue weighted by atomic mass is 10.2. The lowest BCUT2D eigenvalue weighted by Crippen LogP contribution is -2.22. The first kappa shape index (κ1) is 15.1. The first-order valence-corrected chi connectivity index (χ1v) is 8.36. The van der Waals surface area contributed by atoms with E-state index in [1.54, 1.807) is 6.33 Å². The van der Waals surface area contributed by atoms with Crippen molar-refractivity contribution in [1.29, 1.82) is 0 Å². The minimum atomic E-state index is 0.387. The highest BCUT2D eigenvalue weighted by Crippen LogP contribution is 2.28. The molecule has 4 rings (SSSR count). The first-order chi connectivity index (χ1) is 11.7. The number of anilines is 1. The highest BCUT2D eigenvalue weighted by molar-refractivity contribution is 5.86. The van der Waals surface area contributed by atoms with E-state index in [-0.39, 0.29) is 0 Å². The van der Waals surface area contributed by atoms with Gasteiger partial charge in [0.05, 0.1) is 11.8 Å². The van der Waals surface area contributed by atoms with Crippen LogP contribution in [0.3, 0.4) is 0 Å². The van der Waals surface area contributed by atoms with E-state index in [2.05, 4.69) is 39.5 Å². The summed E-state index contributed by atoms with van der Waals surface area (Å²) in [6.07, 6.45) is 4.57. The van der Waals surface area contributed by atoms with Crippen molar-refractivity contribution in [2.75, 3.05) is 18.4 Å². The molecule has 0 aromatic carbocycles. The van der Waals surface area contributed by atoms with Gasteiger partial charge >= 0.3 is 0 Å². The van der Waals surface area contributed by atoms with Gasteiger partial charge in [-0.15, -0.1) is 0 Å². The Balaban J connectivity index is 1.80. The maximum atomic E-state index is 4.83. The van der Waals surface area contributed by atoms with Gasteiger partial charge in [-0.1, -0.05) is 0 Å². The fraction of sp³-hybridized carbons (Fsp3) is 0.500. The third-order valence-corrected chi connectivity index (χ3v) is 4.70. The van der Waals surface area contributed by atoms with Crippen LogP contribution >= 0.6 is 0 Å². The standard InChI is InChI=1S/C16H22N8/c1-4-24-10(2)12(8-20-24)15-22-13-14(21-11-5-6-17-7-11)18-9-19-16(13)23(15)3/h8-9,11,17H,4-7H2,1-3H3,(H,18,19,21). The molecule has 0 aliphatic carbocycles. The van der Waals surface area contributed by atoms with Crippen LogP contribution in [0.25, 0.3) is 22.6 Å². The lowest BCUT2D eigenvalue weighted by molar-refractivity contribution is 0.640. The molecule has 0 saturated carbocycles. The van der Waals surface area contributed by atoms with Crippen LogP contribution in [0.1, 0.15) is 19.0 Å². The van der Waals surface area contributed by atoms with Crippen LogP contribution < -0.4 is 10.6 Å². The molecule has 126 valence electrons. The van der Waals surface area contributed by atoms with Crippen molar-refractivity contribution < 1.29 is 0 Å². The Morgan fingerprint density at radius 2 is 2.25 bits per heavy atom. The van der Waals surface area contributed by atoms with Crippen LogP contribution in [0, 0.1) is 6.92 Å². The zero-order valence-electron chi connectivity index (χ0n) is 14.2. The second-order valence-electron chi connectivity index (χ2n) is 6.18. The largest absolute Gasteiger partial charge is 0.364 e. The molecule has 1 aliphatic rings. The maximum absolute atomic E-state index is 4.83. The molecule has 3 aromatic rings. The van der Waals surface area contributed by atoms with Crippen LogP contribution in [0.5, 0.6) is 0 Å². The molecule has 0 amide bonds. The minimum Gasteiger partial charge on any atom is -0.364 e. The van der Waals surface area contributed by atoms with Gasteiger partial charge in [0.2, 0.25) is 0 Å². The third-order valence-electron chi connectivity index (χ3n) is 4.70. The summed E-state index contributed by atoms with van der Waals surface area (Å²) in [4.78, 5) is 13.7. The summed E-state index contributed by atoms with van der Waals surface area (Å²) in [7, 11) is 1.99. The zero-order valence-corrected chi connectivity index (χ0v) is 14.2. The first-order valence-electron chi connectivity index (χ1n) is 8.36. The Kier molecular flexibility index (Phi) is 3.68. The molecule has 8 heteroatoms. The fourth-order valence-corrected chi connectivity index (χ4v) is 3.30. The minimum absolute atomic E-state index is 0.387. The number of hydrogen-bond acceptors (Lipinski definition) is 6. The maximum Gasteiger partial charge on any atom is 0.165 e. The van der Waals surface area contributed by atoms with Crippen LogP contribution in [0.2, 0.25) is 0 Å². The van der Waals surface area contributed by atoms with Gasteiger partial charge in [0.1, 0.15) is 12.2 Å². The van der Waals surface area contributed by atoms with Crippen LogP contribution in [-0.4, -0.2) is 48.4 Å². The monoisotopic (exact) mass is 326 g/mol. The zero-order chi connectivity index (χ0) is 16.7. The molecular weight excluding hydrogens is 304 g/mol. The van der Waals surface area contributed by atoms with Gasteiger partial charge in [0, 0.05) is 31.9 Å². The van der Waals surface area contributed by atoms with E-state index < -0.39 is 0 Å². The van der Waals surface area contributed by atoms with E-state index in [9.17, 15) is 0 Å². The van der Waals surface area contributed by atoms with Crippen molar-refractivity contribution in [2.45, 2.75) is 32.9 Å². The number of nitrogens with one attached hydrogen (secondary N) is 2. The average Bonchev–Trinajstić information content (AvgIpc) is 3.29. The summed E-state index contributed by atoms with van der Waals surface area (Å²) < 4.78 is 3.99. The lowest BCUT2D eigenvalue weighted by Gasteiger charge is -2.11. The van der Waals surface area contributed by atoms with Crippen molar-refractivity contribution >= 4 is 17.0 Å². The second kappa shape index (κ2) is 5.86. The van der Waals surface area contributed by atoms with E-state index in [4.69, 9.17) is 4.98 Å². The van der Waals surface area contributed by atoms with Gasteiger partial charge in [-0.3, -0.25) is 4.68 Å². The molecule has 1 aliphatic heterocycles. The smallest absolute Gasteiger partial charge is 0.165 e. The number of fused-ring (bicyclic) bond motifs is 1. The Labute approximate surface area is 140 Å². The van der Waals surface area contributed by atoms with E-state index >= 15 is 0 Å². The number of rotatable bonds is 4. The molecular formula is C16H22N8. The molecule has 1 saturated heterocycles. The molecule has 0 bridgehead atoms. The highest BCUT2D eigenvalue weighted by atomic mass is 15.3. The molecule has 1 unspecified atom stereocenters. The summed E-state index contributed by atoms with van der Waals surface area (Å²) in [5.41, 5.74) is 3.78. The predicted molar refractivity (Wildman–Crippen MR) is 92.8 cm³/mol. The number of aryl methyl sites for hydroxylation is 2. The Hall–Kier alpha value is -2.48. The molecule has 24 heavy (non-hydrogen) atoms. The van der Waals surface area contributed by atoms with Gasteiger partial charge in [-0.05, 0) is 26.8 Å². The molecule has 8 nitrogen and oxygen atoms in total. The molecule has 1 atom stereocenters. The normalized spacial score (nSPS) is 17.7. The second-order valence-corrected chi connectivity index (χ2v) is 6.18. The van der Waals surface area contributed by atoms with E-state index in [0.29, 0.717) is 6.04 Å². The summed E-state index contributed by atoms with van der Waals surface area (Å²) >= 11 is 0. The van der Waals surface area contributed by atoms with Crippen LogP contribution in [0.4, 0.5) is 5.82 Å². The van der Waals surface area contributed by atoms with E-state index in [1.165, 1.54) is 0 Å². The Morgan fingerprint density at radius 3 is 2.96 bits per heavy atom. The number of hydrogen-bond donors (Lipinski definition) is 2. The van der Waals surface area contributed by atoms with Crippen LogP contribution in [0.15, 0.2) is 12.5 Å². The predicted octanol–water partition coefficient (Wildman–Crippen LogP) is 1.33. The number of nitrogens with zero attached hydrogens (tertiary/aromatic N) is 6. The van der Waals surface area contributed by atoms with Gasteiger partial charge in [-0.25, -0.2) is 15.0 Å². The van der Waals surface area contributed by atoms with Crippen molar-refractivity contribution in [1.82, 2.24) is 34.6 Å². The van der Waals surface area contributed by atoms with Gasteiger partial charge in [0.25, 0.3) is 0 Å². The van der Waals surface area contributed by atoms with Gasteiger partial charge < -0.3 is 15.2 Å². The Morgan fingerprint density at radius 1 is 1.38 bits per heavy atom. The number of imidazole rings is 1. The molecule has 4 heterocycles. The molecule has 1 fully saturated rings. The molecule has 2 N–H and O–H groups in total. The molecule has 3 aromatic heterocycles. The summed E-state index contributed by atoms with van der Waals surface area (Å²) in [6, 6.07) is 0.387. The SMILES string of the molecule is CCn1ncc(-c2nc3c(NC4CCNC4)ncnc3n2C)c1C. The molecule has 0 radical (unpaired) electrons. The van der Waals surface area contributed by atoms with Gasteiger partial charge in [-0.2, -0.15) is 5.10 Å². The highest BCUT2D eigenvalue weighted by Gasteiger charge is 2.21. The van der Waals surface area contributed by atoms with Crippen molar-refractivity contribution in [2.24, 2.45) is 7.05 Å². The third kappa shape index (κ3) is 2.34. The van der Waals surface area contributed by atoms with Gasteiger partial charge in [0.15, 0.2) is 17.0 Å². The Bertz CT molecular complexity index is 872. The van der Waals surface area contributed by atoms with Crippen molar-refractivity contribution in [3.05, 3.63) is 18.2 Å². The van der Waals surface area contributed by atoms with Crippen LogP contribution in [-0.2, 0) is 13.6 Å². The van der Waals surface area contributed by atoms with Crippen molar-refractivity contribution in [3.8, 4) is 11.4 Å². The number of aromatic nitrogens is 6. The molecule has 0 spiro atoms.